The highest BCUT2D eigenvalue weighted by Crippen LogP contribution is 2.17. The van der Waals surface area contributed by atoms with E-state index in [0.717, 1.165) is 0 Å². The standard InChI is InChI=1S/C12H14F3N3O2/c1-12(2,11(16)18-20)5-17-10(19)9-7(14)3-6(13)4-8(9)15/h3-4,20H,5H2,1-2H3,(H2,16,18)(H,17,19). The van der Waals surface area contributed by atoms with Crippen molar-refractivity contribution < 1.29 is 23.2 Å². The van der Waals surface area contributed by atoms with Crippen LogP contribution in [0.15, 0.2) is 17.3 Å². The molecule has 0 aliphatic carbocycles. The van der Waals surface area contributed by atoms with Crippen LogP contribution in [0.2, 0.25) is 0 Å². The predicted octanol–water partition coefficient (Wildman–Crippen LogP) is 1.61. The first-order chi connectivity index (χ1) is 9.19. The number of amidine groups is 1. The Morgan fingerprint density at radius 3 is 2.30 bits per heavy atom. The minimum atomic E-state index is -1.30. The Labute approximate surface area is 113 Å². The van der Waals surface area contributed by atoms with Gasteiger partial charge in [-0.3, -0.25) is 4.79 Å². The van der Waals surface area contributed by atoms with E-state index >= 15 is 0 Å². The van der Waals surface area contributed by atoms with Crippen LogP contribution in [0.4, 0.5) is 13.2 Å². The van der Waals surface area contributed by atoms with Gasteiger partial charge in [-0.2, -0.15) is 0 Å². The van der Waals surface area contributed by atoms with Crippen LogP contribution in [0.25, 0.3) is 0 Å². The van der Waals surface area contributed by atoms with Crippen molar-refractivity contribution in [3.05, 3.63) is 35.1 Å². The van der Waals surface area contributed by atoms with Crippen molar-refractivity contribution in [2.24, 2.45) is 16.3 Å². The van der Waals surface area contributed by atoms with Crippen LogP contribution in [0, 0.1) is 22.9 Å². The first-order valence-corrected chi connectivity index (χ1v) is 5.60. The van der Waals surface area contributed by atoms with E-state index in [1.807, 2.05) is 0 Å². The molecule has 0 heterocycles. The lowest BCUT2D eigenvalue weighted by atomic mass is 9.92. The zero-order valence-corrected chi connectivity index (χ0v) is 10.9. The summed E-state index contributed by atoms with van der Waals surface area (Å²) in [5, 5.41) is 13.6. The molecule has 5 nitrogen and oxygen atoms in total. The van der Waals surface area contributed by atoms with Crippen LogP contribution < -0.4 is 11.1 Å². The van der Waals surface area contributed by atoms with Crippen LogP contribution >= 0.6 is 0 Å². The number of nitrogens with zero attached hydrogens (tertiary/aromatic N) is 1. The molecule has 0 saturated carbocycles. The number of carbonyl (C=O) groups is 1. The summed E-state index contributed by atoms with van der Waals surface area (Å²) in [5.74, 6) is -4.94. The topological polar surface area (TPSA) is 87.7 Å². The number of halogens is 3. The van der Waals surface area contributed by atoms with Crippen molar-refractivity contribution in [1.29, 1.82) is 0 Å². The molecule has 1 amide bonds. The first kappa shape index (κ1) is 15.8. The molecule has 4 N–H and O–H groups in total. The van der Waals surface area contributed by atoms with Gasteiger partial charge in [0.15, 0.2) is 0 Å². The summed E-state index contributed by atoms with van der Waals surface area (Å²) in [6.45, 7) is 2.98. The average Bonchev–Trinajstić information content (AvgIpc) is 2.34. The molecule has 0 aromatic heterocycles. The van der Waals surface area contributed by atoms with Gasteiger partial charge in [0, 0.05) is 24.1 Å². The molecule has 1 aromatic rings. The van der Waals surface area contributed by atoms with Crippen LogP contribution in [-0.4, -0.2) is 23.5 Å². The summed E-state index contributed by atoms with van der Waals surface area (Å²) < 4.78 is 39.5. The van der Waals surface area contributed by atoms with Crippen molar-refractivity contribution in [3.63, 3.8) is 0 Å². The largest absolute Gasteiger partial charge is 0.409 e. The molecule has 0 fully saturated rings. The fourth-order valence-electron chi connectivity index (χ4n) is 1.37. The van der Waals surface area contributed by atoms with Gasteiger partial charge in [0.1, 0.15) is 28.9 Å². The third kappa shape index (κ3) is 3.40. The maximum Gasteiger partial charge on any atom is 0.257 e. The third-order valence-electron chi connectivity index (χ3n) is 2.73. The van der Waals surface area contributed by atoms with E-state index < -0.39 is 34.3 Å². The Bertz CT molecular complexity index is 536. The van der Waals surface area contributed by atoms with Gasteiger partial charge in [-0.1, -0.05) is 19.0 Å². The maximum atomic E-state index is 13.4. The predicted molar refractivity (Wildman–Crippen MR) is 65.8 cm³/mol. The van der Waals surface area contributed by atoms with Crippen LogP contribution in [0.1, 0.15) is 24.2 Å². The van der Waals surface area contributed by atoms with E-state index in [4.69, 9.17) is 10.9 Å². The minimum Gasteiger partial charge on any atom is -0.409 e. The number of nitrogens with one attached hydrogen (secondary N) is 1. The van der Waals surface area contributed by atoms with Gasteiger partial charge in [-0.25, -0.2) is 13.2 Å². The average molecular weight is 289 g/mol. The number of amides is 1. The van der Waals surface area contributed by atoms with E-state index in [-0.39, 0.29) is 12.4 Å². The summed E-state index contributed by atoms with van der Waals surface area (Å²) in [5.41, 5.74) is 3.60. The van der Waals surface area contributed by atoms with E-state index in [0.29, 0.717) is 12.1 Å². The van der Waals surface area contributed by atoms with Gasteiger partial charge >= 0.3 is 0 Å². The number of oxime groups is 1. The number of benzene rings is 1. The summed E-state index contributed by atoms with van der Waals surface area (Å²) in [6.07, 6.45) is 0. The molecule has 1 aromatic carbocycles. The normalized spacial score (nSPS) is 12.3. The molecule has 0 aliphatic rings. The number of hydrogen-bond acceptors (Lipinski definition) is 3. The zero-order valence-electron chi connectivity index (χ0n) is 10.9. The highest BCUT2D eigenvalue weighted by molar-refractivity contribution is 5.95. The highest BCUT2D eigenvalue weighted by atomic mass is 19.1. The van der Waals surface area contributed by atoms with E-state index in [1.54, 1.807) is 13.8 Å². The fourth-order valence-corrected chi connectivity index (χ4v) is 1.37. The van der Waals surface area contributed by atoms with Crippen LogP contribution in [0.3, 0.4) is 0 Å². The van der Waals surface area contributed by atoms with E-state index in [9.17, 15) is 18.0 Å². The molecule has 1 rings (SSSR count). The molecular weight excluding hydrogens is 275 g/mol. The van der Waals surface area contributed by atoms with E-state index in [2.05, 4.69) is 10.5 Å². The van der Waals surface area contributed by atoms with Crippen molar-refractivity contribution in [2.75, 3.05) is 6.54 Å². The molecule has 0 unspecified atom stereocenters. The summed E-state index contributed by atoms with van der Waals surface area (Å²) >= 11 is 0. The molecule has 0 atom stereocenters. The second-order valence-corrected chi connectivity index (χ2v) is 4.80. The smallest absolute Gasteiger partial charge is 0.257 e. The number of hydrogen-bond donors (Lipinski definition) is 3. The Hall–Kier alpha value is -2.25. The molecular formula is C12H14F3N3O2. The lowest BCUT2D eigenvalue weighted by Crippen LogP contribution is -2.43. The fraction of sp³-hybridized carbons (Fsp3) is 0.333. The molecule has 0 saturated heterocycles. The van der Waals surface area contributed by atoms with Crippen molar-refractivity contribution in [3.8, 4) is 0 Å². The van der Waals surface area contributed by atoms with Gasteiger partial charge in [0.25, 0.3) is 5.91 Å². The van der Waals surface area contributed by atoms with Gasteiger partial charge in [0.2, 0.25) is 0 Å². The van der Waals surface area contributed by atoms with Crippen LogP contribution in [0.5, 0.6) is 0 Å². The van der Waals surface area contributed by atoms with Gasteiger partial charge in [-0.15, -0.1) is 0 Å². The van der Waals surface area contributed by atoms with E-state index in [1.165, 1.54) is 0 Å². The molecule has 0 radical (unpaired) electrons. The Morgan fingerprint density at radius 1 is 1.35 bits per heavy atom. The van der Waals surface area contributed by atoms with Crippen molar-refractivity contribution >= 4 is 11.7 Å². The second-order valence-electron chi connectivity index (χ2n) is 4.80. The number of carbonyl (C=O) groups excluding carboxylic acids is 1. The Kier molecular flexibility index (Phi) is 4.59. The van der Waals surface area contributed by atoms with Gasteiger partial charge < -0.3 is 16.3 Å². The highest BCUT2D eigenvalue weighted by Gasteiger charge is 2.26. The third-order valence-corrected chi connectivity index (χ3v) is 2.73. The summed E-state index contributed by atoms with van der Waals surface area (Å²) in [6, 6.07) is 0.819. The van der Waals surface area contributed by atoms with Gasteiger partial charge in [0.05, 0.1) is 0 Å². The zero-order chi connectivity index (χ0) is 15.5. The number of rotatable bonds is 4. The molecule has 8 heteroatoms. The molecule has 110 valence electrons. The molecule has 0 aliphatic heterocycles. The summed E-state index contributed by atoms with van der Waals surface area (Å²) in [4.78, 5) is 11.7. The minimum absolute atomic E-state index is 0.127. The lowest BCUT2D eigenvalue weighted by Gasteiger charge is -2.23. The molecule has 0 spiro atoms. The quantitative estimate of drug-likeness (QED) is 0.340. The Morgan fingerprint density at radius 2 is 1.85 bits per heavy atom. The molecule has 0 bridgehead atoms. The second kappa shape index (κ2) is 5.81. The summed E-state index contributed by atoms with van der Waals surface area (Å²) in [7, 11) is 0. The Balaban J connectivity index is 2.89. The van der Waals surface area contributed by atoms with Crippen molar-refractivity contribution in [1.82, 2.24) is 5.32 Å². The van der Waals surface area contributed by atoms with Crippen LogP contribution in [-0.2, 0) is 0 Å². The molecule has 20 heavy (non-hydrogen) atoms. The van der Waals surface area contributed by atoms with Gasteiger partial charge in [-0.05, 0) is 0 Å². The SMILES string of the molecule is CC(C)(CNC(=O)c1c(F)cc(F)cc1F)C(N)=NO. The number of nitrogens with two attached hydrogens (primary N) is 1. The van der Waals surface area contributed by atoms with Crippen molar-refractivity contribution in [2.45, 2.75) is 13.8 Å². The first-order valence-electron chi connectivity index (χ1n) is 5.60. The maximum absolute atomic E-state index is 13.4. The lowest BCUT2D eigenvalue weighted by molar-refractivity contribution is 0.0935. The monoisotopic (exact) mass is 289 g/mol.